The molecular weight excluding hydrogens is 348 g/mol. The molecule has 0 spiro atoms. The van der Waals surface area contributed by atoms with Gasteiger partial charge in [0.25, 0.3) is 0 Å². The number of ether oxygens (including phenoxy) is 2. The Labute approximate surface area is 170 Å². The molecule has 0 aromatic heterocycles. The van der Waals surface area contributed by atoms with E-state index in [1.54, 1.807) is 0 Å². The molecule has 4 saturated carbocycles. The largest absolute Gasteiger partial charge is 0.377 e. The maximum Gasteiger partial charge on any atom is 0.163 e. The number of fused-ring (bicyclic) bond motifs is 8. The molecule has 5 fully saturated rings. The molecule has 3 nitrogen and oxygen atoms in total. The minimum absolute atomic E-state index is 0.146. The summed E-state index contributed by atoms with van der Waals surface area (Å²) in [7, 11) is 0. The Hall–Kier alpha value is -0.560. The van der Waals surface area contributed by atoms with Crippen LogP contribution in [0.15, 0.2) is 0 Å². The molecular formula is C25H38O3. The van der Waals surface area contributed by atoms with Crippen molar-refractivity contribution in [3.63, 3.8) is 0 Å². The summed E-state index contributed by atoms with van der Waals surface area (Å²) in [4.78, 5) is 0. The molecule has 5 rings (SSSR count). The van der Waals surface area contributed by atoms with Crippen molar-refractivity contribution in [3.8, 4) is 12.3 Å². The summed E-state index contributed by atoms with van der Waals surface area (Å²) in [6.45, 7) is 11.4. The van der Waals surface area contributed by atoms with Crippen molar-refractivity contribution in [2.24, 2.45) is 40.4 Å². The topological polar surface area (TPSA) is 38.7 Å². The van der Waals surface area contributed by atoms with Gasteiger partial charge in [-0.2, -0.15) is 0 Å². The molecule has 0 amide bonds. The third-order valence-electron chi connectivity index (χ3n) is 10.2. The monoisotopic (exact) mass is 386 g/mol. The van der Waals surface area contributed by atoms with Crippen LogP contribution in [0.4, 0.5) is 0 Å². The molecule has 0 radical (unpaired) electrons. The molecule has 0 aromatic carbocycles. The van der Waals surface area contributed by atoms with Crippen molar-refractivity contribution >= 4 is 0 Å². The number of hydrogen-bond acceptors (Lipinski definition) is 3. The highest BCUT2D eigenvalue weighted by Gasteiger charge is 2.70. The third kappa shape index (κ3) is 2.29. The van der Waals surface area contributed by atoms with Crippen LogP contribution in [0.5, 0.6) is 0 Å². The van der Waals surface area contributed by atoms with Gasteiger partial charge in [0.2, 0.25) is 0 Å². The third-order valence-corrected chi connectivity index (χ3v) is 10.2. The predicted molar refractivity (Wildman–Crippen MR) is 109 cm³/mol. The summed E-state index contributed by atoms with van der Waals surface area (Å²) in [5.74, 6) is 5.18. The Morgan fingerprint density at radius 2 is 1.57 bits per heavy atom. The van der Waals surface area contributed by atoms with Gasteiger partial charge in [-0.15, -0.1) is 6.42 Å². The normalized spacial score (nSPS) is 59.5. The minimum atomic E-state index is -0.966. The van der Waals surface area contributed by atoms with Crippen LogP contribution in [-0.4, -0.2) is 28.7 Å². The Bertz CT molecular complexity index is 709. The molecule has 2 unspecified atom stereocenters. The molecule has 3 heteroatoms. The van der Waals surface area contributed by atoms with E-state index in [0.29, 0.717) is 29.1 Å². The van der Waals surface area contributed by atoms with Gasteiger partial charge in [0.15, 0.2) is 5.79 Å². The SMILES string of the molecule is C#C[C@]1(O)CC[C@H]2C3C(CC[C@@]21C)[C@@]1(C)CC[C@H](C)C[C@@H]1[C@H]1OC(C)(C)O[C@H]31. The van der Waals surface area contributed by atoms with Crippen molar-refractivity contribution in [1.29, 1.82) is 0 Å². The highest BCUT2D eigenvalue weighted by molar-refractivity contribution is 5.25. The number of rotatable bonds is 0. The molecule has 156 valence electrons. The Kier molecular flexibility index (Phi) is 4.00. The fraction of sp³-hybridized carbons (Fsp3) is 0.920. The molecule has 5 aliphatic rings. The summed E-state index contributed by atoms with van der Waals surface area (Å²) in [5.41, 5.74) is -0.846. The second-order valence-corrected chi connectivity index (χ2v) is 11.8. The first-order valence-corrected chi connectivity index (χ1v) is 11.6. The zero-order chi connectivity index (χ0) is 20.1. The fourth-order valence-corrected chi connectivity index (χ4v) is 8.64. The van der Waals surface area contributed by atoms with Gasteiger partial charge < -0.3 is 14.6 Å². The second-order valence-electron chi connectivity index (χ2n) is 11.8. The van der Waals surface area contributed by atoms with Crippen molar-refractivity contribution in [2.45, 2.75) is 103 Å². The molecule has 1 heterocycles. The quantitative estimate of drug-likeness (QED) is 0.610. The van der Waals surface area contributed by atoms with E-state index in [0.717, 1.165) is 31.6 Å². The molecule has 0 aromatic rings. The van der Waals surface area contributed by atoms with E-state index in [9.17, 15) is 5.11 Å². The summed E-state index contributed by atoms with van der Waals surface area (Å²) in [5, 5.41) is 11.3. The summed E-state index contributed by atoms with van der Waals surface area (Å²) >= 11 is 0. The highest BCUT2D eigenvalue weighted by atomic mass is 16.8. The second kappa shape index (κ2) is 5.77. The lowest BCUT2D eigenvalue weighted by molar-refractivity contribution is -0.193. The molecule has 28 heavy (non-hydrogen) atoms. The van der Waals surface area contributed by atoms with E-state index in [-0.39, 0.29) is 17.6 Å². The maximum atomic E-state index is 11.3. The smallest absolute Gasteiger partial charge is 0.163 e. The van der Waals surface area contributed by atoms with E-state index >= 15 is 0 Å². The van der Waals surface area contributed by atoms with Crippen LogP contribution < -0.4 is 0 Å². The van der Waals surface area contributed by atoms with Crippen LogP contribution in [0.3, 0.4) is 0 Å². The van der Waals surface area contributed by atoms with Gasteiger partial charge in [-0.05, 0) is 87.4 Å². The van der Waals surface area contributed by atoms with Crippen LogP contribution >= 0.6 is 0 Å². The predicted octanol–water partition coefficient (Wildman–Crippen LogP) is 4.77. The standard InChI is InChI=1S/C25H38O3/c1-7-25(26)13-10-17-19-16(9-12-24(17,25)6)23(5)11-8-15(2)14-18(23)20-21(19)28-22(3,4)27-20/h1,15-21,26H,8-14H2,2-6H3/t15-,16?,17-,18+,19?,20+,21+,23+,24-,25-/m0/s1. The van der Waals surface area contributed by atoms with E-state index < -0.39 is 11.4 Å². The zero-order valence-electron chi connectivity index (χ0n) is 18.3. The lowest BCUT2D eigenvalue weighted by Crippen LogP contribution is -2.64. The molecule has 1 N–H and O–H groups in total. The van der Waals surface area contributed by atoms with Gasteiger partial charge in [0, 0.05) is 5.41 Å². The van der Waals surface area contributed by atoms with Crippen LogP contribution in [-0.2, 0) is 9.47 Å². The molecule has 4 aliphatic carbocycles. The Morgan fingerprint density at radius 1 is 0.893 bits per heavy atom. The zero-order valence-corrected chi connectivity index (χ0v) is 18.3. The number of hydrogen-bond donors (Lipinski definition) is 1. The lowest BCUT2D eigenvalue weighted by atomic mass is 9.42. The van der Waals surface area contributed by atoms with Gasteiger partial charge in [0.05, 0.1) is 12.2 Å². The van der Waals surface area contributed by atoms with Crippen molar-refractivity contribution < 1.29 is 14.6 Å². The maximum absolute atomic E-state index is 11.3. The first-order chi connectivity index (χ1) is 13.0. The molecule has 1 saturated heterocycles. The Morgan fingerprint density at radius 3 is 2.29 bits per heavy atom. The molecule has 0 bridgehead atoms. The number of terminal acetylenes is 1. The van der Waals surface area contributed by atoms with Crippen LogP contribution in [0.25, 0.3) is 0 Å². The van der Waals surface area contributed by atoms with E-state index in [1.807, 2.05) is 0 Å². The van der Waals surface area contributed by atoms with Crippen LogP contribution in [0.2, 0.25) is 0 Å². The van der Waals surface area contributed by atoms with Gasteiger partial charge in [-0.25, -0.2) is 0 Å². The molecule has 10 atom stereocenters. The van der Waals surface area contributed by atoms with E-state index in [1.165, 1.54) is 19.3 Å². The average molecular weight is 387 g/mol. The first-order valence-electron chi connectivity index (χ1n) is 11.6. The van der Waals surface area contributed by atoms with Gasteiger partial charge in [-0.3, -0.25) is 0 Å². The highest BCUT2D eigenvalue weighted by Crippen LogP contribution is 2.70. The van der Waals surface area contributed by atoms with Crippen molar-refractivity contribution in [3.05, 3.63) is 0 Å². The first kappa shape index (κ1) is 19.4. The van der Waals surface area contributed by atoms with Gasteiger partial charge in [-0.1, -0.05) is 33.1 Å². The minimum Gasteiger partial charge on any atom is -0.377 e. The van der Waals surface area contributed by atoms with Crippen molar-refractivity contribution in [1.82, 2.24) is 0 Å². The van der Waals surface area contributed by atoms with Gasteiger partial charge >= 0.3 is 0 Å². The van der Waals surface area contributed by atoms with E-state index in [4.69, 9.17) is 15.9 Å². The number of aliphatic hydroxyl groups is 1. The summed E-state index contributed by atoms with van der Waals surface area (Å²) < 4.78 is 13.3. The van der Waals surface area contributed by atoms with Gasteiger partial charge in [0.1, 0.15) is 5.60 Å². The Balaban J connectivity index is 1.60. The van der Waals surface area contributed by atoms with E-state index in [2.05, 4.69) is 40.5 Å². The average Bonchev–Trinajstić information content (AvgIpc) is 3.10. The lowest BCUT2D eigenvalue weighted by Gasteiger charge is -2.63. The fourth-order valence-electron chi connectivity index (χ4n) is 8.64. The molecule has 1 aliphatic heterocycles. The summed E-state index contributed by atoms with van der Waals surface area (Å²) in [6, 6.07) is 0. The van der Waals surface area contributed by atoms with Crippen molar-refractivity contribution in [2.75, 3.05) is 0 Å². The van der Waals surface area contributed by atoms with Crippen LogP contribution in [0, 0.1) is 52.8 Å². The van der Waals surface area contributed by atoms with Crippen LogP contribution in [0.1, 0.15) is 79.6 Å². The summed E-state index contributed by atoms with van der Waals surface area (Å²) in [6.07, 6.45) is 14.0.